The van der Waals surface area contributed by atoms with Gasteiger partial charge in [0.25, 0.3) is 5.56 Å². The van der Waals surface area contributed by atoms with Crippen LogP contribution in [0.15, 0.2) is 53.3 Å². The van der Waals surface area contributed by atoms with Crippen LogP contribution in [0.1, 0.15) is 21.7 Å². The van der Waals surface area contributed by atoms with E-state index in [9.17, 15) is 14.7 Å². The second-order valence-corrected chi connectivity index (χ2v) is 4.67. The van der Waals surface area contributed by atoms with Crippen molar-refractivity contribution in [2.75, 3.05) is 0 Å². The summed E-state index contributed by atoms with van der Waals surface area (Å²) in [6.45, 7) is 0. The van der Waals surface area contributed by atoms with Gasteiger partial charge in [0, 0.05) is 6.42 Å². The fraction of sp³-hybridized carbons (Fsp3) is 0.0625. The number of rotatable bonds is 3. The maximum atomic E-state index is 12.0. The van der Waals surface area contributed by atoms with Gasteiger partial charge in [0.05, 0.1) is 16.5 Å². The van der Waals surface area contributed by atoms with Gasteiger partial charge in [-0.3, -0.25) is 4.79 Å². The van der Waals surface area contributed by atoms with E-state index in [1.54, 1.807) is 36.4 Å². The van der Waals surface area contributed by atoms with Gasteiger partial charge in [-0.15, -0.1) is 0 Å². The van der Waals surface area contributed by atoms with Gasteiger partial charge in [-0.1, -0.05) is 30.3 Å². The van der Waals surface area contributed by atoms with E-state index in [1.165, 1.54) is 6.07 Å². The first-order valence-corrected chi connectivity index (χ1v) is 6.44. The molecule has 0 fully saturated rings. The van der Waals surface area contributed by atoms with Crippen LogP contribution < -0.4 is 5.56 Å². The number of carboxylic acids is 1. The third kappa shape index (κ3) is 2.53. The number of nitrogens with one attached hydrogen (secondary N) is 1. The Morgan fingerprint density at radius 3 is 2.62 bits per heavy atom. The highest BCUT2D eigenvalue weighted by molar-refractivity contribution is 5.89. The van der Waals surface area contributed by atoms with Crippen molar-refractivity contribution in [3.63, 3.8) is 0 Å². The quantitative estimate of drug-likeness (QED) is 0.770. The van der Waals surface area contributed by atoms with Crippen LogP contribution in [0.3, 0.4) is 0 Å². The van der Waals surface area contributed by atoms with Crippen LogP contribution in [0.25, 0.3) is 10.9 Å². The van der Waals surface area contributed by atoms with Crippen molar-refractivity contribution >= 4 is 16.9 Å². The molecule has 5 nitrogen and oxygen atoms in total. The number of carbonyl (C=O) groups is 1. The maximum Gasteiger partial charge on any atom is 0.335 e. The molecule has 0 bridgehead atoms. The second-order valence-electron chi connectivity index (χ2n) is 4.67. The summed E-state index contributed by atoms with van der Waals surface area (Å²) in [6, 6.07) is 13.7. The average Bonchev–Trinajstić information content (AvgIpc) is 2.47. The lowest BCUT2D eigenvalue weighted by atomic mass is 10.0. The summed E-state index contributed by atoms with van der Waals surface area (Å²) in [6.07, 6.45) is 0.266. The van der Waals surface area contributed by atoms with Gasteiger partial charge in [0.1, 0.15) is 5.82 Å². The van der Waals surface area contributed by atoms with Crippen molar-refractivity contribution in [2.24, 2.45) is 0 Å². The van der Waals surface area contributed by atoms with Crippen LogP contribution in [-0.4, -0.2) is 21.0 Å². The number of aromatic carboxylic acids is 1. The summed E-state index contributed by atoms with van der Waals surface area (Å²) in [5, 5.41) is 9.70. The number of fused-ring (bicyclic) bond motifs is 1. The molecule has 3 aromatic rings. The number of carboxylic acid groups (broad SMARTS) is 1. The molecule has 104 valence electrons. The molecule has 2 N–H and O–H groups in total. The third-order valence-electron chi connectivity index (χ3n) is 3.27. The van der Waals surface area contributed by atoms with E-state index in [4.69, 9.17) is 0 Å². The van der Waals surface area contributed by atoms with Crippen molar-refractivity contribution in [3.05, 3.63) is 75.8 Å². The number of benzene rings is 2. The topological polar surface area (TPSA) is 83.0 Å². The van der Waals surface area contributed by atoms with E-state index in [1.807, 2.05) is 6.07 Å². The van der Waals surface area contributed by atoms with E-state index < -0.39 is 5.97 Å². The van der Waals surface area contributed by atoms with Crippen LogP contribution in [0.4, 0.5) is 0 Å². The highest BCUT2D eigenvalue weighted by Crippen LogP contribution is 2.13. The summed E-state index contributed by atoms with van der Waals surface area (Å²) < 4.78 is 0. The van der Waals surface area contributed by atoms with Gasteiger partial charge in [-0.2, -0.15) is 0 Å². The van der Waals surface area contributed by atoms with Gasteiger partial charge >= 0.3 is 5.97 Å². The molecule has 0 saturated carbocycles. The van der Waals surface area contributed by atoms with Crippen molar-refractivity contribution in [1.82, 2.24) is 9.97 Å². The van der Waals surface area contributed by atoms with E-state index in [0.29, 0.717) is 22.3 Å². The molecule has 0 aliphatic heterocycles. The molecule has 0 radical (unpaired) electrons. The zero-order chi connectivity index (χ0) is 14.8. The number of hydrogen-bond donors (Lipinski definition) is 2. The van der Waals surface area contributed by atoms with Crippen LogP contribution in [0.5, 0.6) is 0 Å². The molecule has 21 heavy (non-hydrogen) atoms. The Hall–Kier alpha value is -2.95. The molecule has 5 heteroatoms. The number of hydrogen-bond acceptors (Lipinski definition) is 3. The highest BCUT2D eigenvalue weighted by atomic mass is 16.4. The summed E-state index contributed by atoms with van der Waals surface area (Å²) in [5.41, 5.74) is 1.21. The zero-order valence-electron chi connectivity index (χ0n) is 11.0. The third-order valence-corrected chi connectivity index (χ3v) is 3.27. The smallest absolute Gasteiger partial charge is 0.335 e. The molecule has 0 aliphatic rings. The molecule has 0 amide bonds. The SMILES string of the molecule is O=C(O)c1ccccc1Cc1nc2ccccc2c(=O)[nH]1. The van der Waals surface area contributed by atoms with E-state index in [0.717, 1.165) is 0 Å². The van der Waals surface area contributed by atoms with Crippen LogP contribution in [0.2, 0.25) is 0 Å². The Labute approximate surface area is 119 Å². The fourth-order valence-electron chi connectivity index (χ4n) is 2.28. The van der Waals surface area contributed by atoms with Gasteiger partial charge in [0.15, 0.2) is 0 Å². The molecule has 0 spiro atoms. The van der Waals surface area contributed by atoms with E-state index >= 15 is 0 Å². The van der Waals surface area contributed by atoms with Crippen molar-refractivity contribution < 1.29 is 9.90 Å². The summed E-state index contributed by atoms with van der Waals surface area (Å²) in [7, 11) is 0. The predicted octanol–water partition coefficient (Wildman–Crippen LogP) is 2.21. The average molecular weight is 280 g/mol. The van der Waals surface area contributed by atoms with Crippen LogP contribution >= 0.6 is 0 Å². The molecular formula is C16H12N2O3. The largest absolute Gasteiger partial charge is 0.478 e. The Morgan fingerprint density at radius 1 is 1.10 bits per heavy atom. The first-order chi connectivity index (χ1) is 10.1. The molecule has 0 saturated heterocycles. The Kier molecular flexibility index (Phi) is 3.23. The zero-order valence-corrected chi connectivity index (χ0v) is 11.0. The lowest BCUT2D eigenvalue weighted by molar-refractivity contribution is 0.0696. The summed E-state index contributed by atoms with van der Waals surface area (Å²) >= 11 is 0. The fourth-order valence-corrected chi connectivity index (χ4v) is 2.28. The first kappa shape index (κ1) is 13.1. The van der Waals surface area contributed by atoms with Gasteiger partial charge in [0.2, 0.25) is 0 Å². The molecule has 1 aromatic heterocycles. The summed E-state index contributed by atoms with van der Waals surface area (Å²) in [4.78, 5) is 30.3. The molecule has 0 unspecified atom stereocenters. The highest BCUT2D eigenvalue weighted by Gasteiger charge is 2.11. The predicted molar refractivity (Wildman–Crippen MR) is 78.6 cm³/mol. The molecular weight excluding hydrogens is 268 g/mol. The normalized spacial score (nSPS) is 10.7. The molecule has 2 aromatic carbocycles. The Bertz CT molecular complexity index is 884. The van der Waals surface area contributed by atoms with Crippen molar-refractivity contribution in [1.29, 1.82) is 0 Å². The standard InChI is InChI=1S/C16H12N2O3/c19-15-12-7-3-4-8-13(12)17-14(18-15)9-10-5-1-2-6-11(10)16(20)21/h1-8H,9H2,(H,20,21)(H,17,18,19). The molecule has 3 rings (SSSR count). The minimum Gasteiger partial charge on any atom is -0.478 e. The van der Waals surface area contributed by atoms with Gasteiger partial charge in [-0.25, -0.2) is 9.78 Å². The van der Waals surface area contributed by atoms with Crippen LogP contribution in [-0.2, 0) is 6.42 Å². The molecule has 0 atom stereocenters. The lowest BCUT2D eigenvalue weighted by Gasteiger charge is -2.06. The minimum absolute atomic E-state index is 0.216. The van der Waals surface area contributed by atoms with Gasteiger partial charge in [-0.05, 0) is 23.8 Å². The number of aromatic nitrogens is 2. The summed E-state index contributed by atoms with van der Waals surface area (Å²) in [5.74, 6) is -0.541. The molecule has 0 aliphatic carbocycles. The second kappa shape index (κ2) is 5.20. The lowest BCUT2D eigenvalue weighted by Crippen LogP contribution is -2.13. The van der Waals surface area contributed by atoms with Crippen LogP contribution in [0, 0.1) is 0 Å². The van der Waals surface area contributed by atoms with E-state index in [-0.39, 0.29) is 17.5 Å². The number of para-hydroxylation sites is 1. The minimum atomic E-state index is -0.992. The Morgan fingerprint density at radius 2 is 1.81 bits per heavy atom. The Balaban J connectivity index is 2.07. The van der Waals surface area contributed by atoms with E-state index in [2.05, 4.69) is 9.97 Å². The number of nitrogens with zero attached hydrogens (tertiary/aromatic N) is 1. The van der Waals surface area contributed by atoms with Gasteiger partial charge < -0.3 is 10.1 Å². The van der Waals surface area contributed by atoms with Crippen molar-refractivity contribution in [2.45, 2.75) is 6.42 Å². The molecule has 1 heterocycles. The number of H-pyrrole nitrogens is 1. The number of aromatic amines is 1. The first-order valence-electron chi connectivity index (χ1n) is 6.44. The monoisotopic (exact) mass is 280 g/mol. The maximum absolute atomic E-state index is 12.0. The van der Waals surface area contributed by atoms with Crippen molar-refractivity contribution in [3.8, 4) is 0 Å².